The summed E-state index contributed by atoms with van der Waals surface area (Å²) in [6, 6.07) is 9.21. The van der Waals surface area contributed by atoms with Crippen LogP contribution in [0.15, 0.2) is 36.4 Å². The number of hydrogen-bond acceptors (Lipinski definition) is 5. The number of anilines is 1. The van der Waals surface area contributed by atoms with Gasteiger partial charge in [-0.3, -0.25) is 19.7 Å². The van der Waals surface area contributed by atoms with Gasteiger partial charge in [0, 0.05) is 34.0 Å². The third-order valence-electron chi connectivity index (χ3n) is 12.5. The van der Waals surface area contributed by atoms with E-state index >= 15 is 4.39 Å². The molecule has 2 aromatic rings. The molecule has 3 atom stereocenters. The first-order chi connectivity index (χ1) is 20.8. The number of halogens is 3. The van der Waals surface area contributed by atoms with Crippen LogP contribution in [0.5, 0.6) is 0 Å². The van der Waals surface area contributed by atoms with Crippen molar-refractivity contribution in [1.29, 1.82) is 0 Å². The Morgan fingerprint density at radius 1 is 0.977 bits per heavy atom. The summed E-state index contributed by atoms with van der Waals surface area (Å²) >= 11 is 12.8. The molecule has 5 fully saturated rings. The van der Waals surface area contributed by atoms with Crippen molar-refractivity contribution in [3.05, 3.63) is 63.4 Å². The van der Waals surface area contributed by atoms with Crippen molar-refractivity contribution in [2.45, 2.75) is 113 Å². The average Bonchev–Trinajstić information content (AvgIpc) is 3.45. The van der Waals surface area contributed by atoms with Crippen molar-refractivity contribution >= 4 is 46.4 Å². The van der Waals surface area contributed by atoms with E-state index in [2.05, 4.69) is 10.6 Å². The maximum absolute atomic E-state index is 16.2. The van der Waals surface area contributed by atoms with E-state index in [1.165, 1.54) is 6.07 Å². The molecule has 3 N–H and O–H groups in total. The third-order valence-corrected chi connectivity index (χ3v) is 13.1. The van der Waals surface area contributed by atoms with E-state index in [4.69, 9.17) is 23.2 Å². The van der Waals surface area contributed by atoms with E-state index < -0.39 is 34.3 Å². The molecule has 6 aliphatic rings. The van der Waals surface area contributed by atoms with Crippen molar-refractivity contribution in [1.82, 2.24) is 5.32 Å². The second-order valence-corrected chi connectivity index (χ2v) is 15.6. The minimum absolute atomic E-state index is 0.0459. The lowest BCUT2D eigenvalue weighted by atomic mass is 9.51. The summed E-state index contributed by atoms with van der Waals surface area (Å²) in [5, 5.41) is 18.2. The van der Waals surface area contributed by atoms with Crippen molar-refractivity contribution in [3.8, 4) is 0 Å². The molecule has 2 bridgehead atoms. The van der Waals surface area contributed by atoms with Gasteiger partial charge in [-0.25, -0.2) is 4.39 Å². The monoisotopic (exact) mass is 640 g/mol. The van der Waals surface area contributed by atoms with Gasteiger partial charge in [0.25, 0.3) is 0 Å². The number of carbonyl (C=O) groups excluding carboxylic acids is 3. The number of ketones is 2. The highest BCUT2D eigenvalue weighted by Gasteiger charge is 2.73. The van der Waals surface area contributed by atoms with Crippen molar-refractivity contribution in [2.24, 2.45) is 10.8 Å². The third kappa shape index (κ3) is 4.21. The van der Waals surface area contributed by atoms with Gasteiger partial charge in [-0.05, 0) is 113 Å². The predicted molar refractivity (Wildman–Crippen MR) is 168 cm³/mol. The van der Waals surface area contributed by atoms with Crippen LogP contribution < -0.4 is 10.6 Å². The number of benzene rings is 2. The second-order valence-electron chi connectivity index (χ2n) is 14.8. The number of amides is 1. The lowest BCUT2D eigenvalue weighted by molar-refractivity contribution is -0.138. The largest absolute Gasteiger partial charge is 0.390 e. The SMILES string of the molecule is CC(=O)C12CCC(CC(=O)[C@@H]3NC4(CCC(C)(O)CC4)[C@@]4(C(=O)Nc5cc(Cl)ccc54)[C@H]3c3cccc(Cl)c3F)(CC1)CC2. The van der Waals surface area contributed by atoms with Gasteiger partial charge in [0.1, 0.15) is 17.0 Å². The quantitative estimate of drug-likeness (QED) is 0.326. The van der Waals surface area contributed by atoms with Gasteiger partial charge < -0.3 is 10.4 Å². The molecule has 0 radical (unpaired) electrons. The van der Waals surface area contributed by atoms with E-state index in [0.29, 0.717) is 48.4 Å². The van der Waals surface area contributed by atoms with Crippen molar-refractivity contribution < 1.29 is 23.9 Å². The van der Waals surface area contributed by atoms with Crippen LogP contribution in [0.25, 0.3) is 0 Å². The molecule has 4 saturated carbocycles. The molecule has 4 aliphatic carbocycles. The van der Waals surface area contributed by atoms with Gasteiger partial charge >= 0.3 is 0 Å². The van der Waals surface area contributed by atoms with E-state index in [1.807, 2.05) is 6.07 Å². The number of Topliss-reactive ketones (excluding diaryl/α,β-unsaturated/α-hetero) is 2. The molecule has 1 saturated heterocycles. The Morgan fingerprint density at radius 3 is 2.27 bits per heavy atom. The van der Waals surface area contributed by atoms with Gasteiger partial charge in [-0.15, -0.1) is 0 Å². The van der Waals surface area contributed by atoms with Crippen LogP contribution in [0.2, 0.25) is 10.0 Å². The standard InChI is InChI=1S/C35H39Cl2FN2O4/c1-20(41)33-13-10-32(11-14-33,12-15-33)19-26(42)29-27(22-4-3-5-24(37)28(22)38)35(34(40-29)16-8-31(2,44)9-17-34)23-7-6-21(36)18-25(23)39-30(35)43/h3-7,18,27,29,40,44H,8-17,19H2,1-2H3,(H,39,43)/t27-,29-,31?,32?,33?,34?,35+/m0/s1. The number of carbonyl (C=O) groups is 3. The number of aliphatic hydroxyl groups is 1. The zero-order valence-electron chi connectivity index (χ0n) is 25.2. The van der Waals surface area contributed by atoms with Gasteiger partial charge in [0.15, 0.2) is 5.78 Å². The topological polar surface area (TPSA) is 95.5 Å². The van der Waals surface area contributed by atoms with Gasteiger partial charge in [0.2, 0.25) is 5.91 Å². The van der Waals surface area contributed by atoms with Crippen LogP contribution in [0, 0.1) is 16.6 Å². The highest BCUT2D eigenvalue weighted by Crippen LogP contribution is 2.65. The Balaban J connectivity index is 1.38. The van der Waals surface area contributed by atoms with Gasteiger partial charge in [-0.2, -0.15) is 0 Å². The Hall–Kier alpha value is -2.32. The molecule has 1 amide bonds. The fourth-order valence-corrected chi connectivity index (χ4v) is 10.2. The normalized spacial score (nSPS) is 39.1. The van der Waals surface area contributed by atoms with Crippen LogP contribution in [-0.4, -0.2) is 39.8 Å². The Kier molecular flexibility index (Phi) is 6.96. The molecule has 0 unspecified atom stereocenters. The van der Waals surface area contributed by atoms with Crippen molar-refractivity contribution in [3.63, 3.8) is 0 Å². The van der Waals surface area contributed by atoms with Gasteiger partial charge in [0.05, 0.1) is 16.7 Å². The Bertz CT molecular complexity index is 1560. The molecule has 9 heteroatoms. The summed E-state index contributed by atoms with van der Waals surface area (Å²) in [7, 11) is 0. The molecule has 6 nitrogen and oxygen atoms in total. The van der Waals surface area contributed by atoms with Crippen molar-refractivity contribution in [2.75, 3.05) is 5.32 Å². The molecule has 234 valence electrons. The zero-order valence-corrected chi connectivity index (χ0v) is 26.7. The van der Waals surface area contributed by atoms with Crippen LogP contribution in [-0.2, 0) is 19.8 Å². The second kappa shape index (κ2) is 10.1. The fourth-order valence-electron chi connectivity index (χ4n) is 9.86. The van der Waals surface area contributed by atoms with E-state index in [1.54, 1.807) is 38.1 Å². The summed E-state index contributed by atoms with van der Waals surface area (Å²) in [5.74, 6) is -1.63. The minimum Gasteiger partial charge on any atom is -0.390 e. The maximum Gasteiger partial charge on any atom is 0.237 e. The fraction of sp³-hybridized carbons (Fsp3) is 0.571. The Morgan fingerprint density at radius 2 is 1.64 bits per heavy atom. The smallest absolute Gasteiger partial charge is 0.237 e. The zero-order chi connectivity index (χ0) is 31.3. The van der Waals surface area contributed by atoms with E-state index in [0.717, 1.165) is 38.5 Å². The van der Waals surface area contributed by atoms with E-state index in [-0.39, 0.29) is 38.9 Å². The predicted octanol–water partition coefficient (Wildman–Crippen LogP) is 7.03. The molecule has 2 aliphatic heterocycles. The molecular weight excluding hydrogens is 602 g/mol. The minimum atomic E-state index is -1.35. The number of nitrogens with one attached hydrogen (secondary N) is 2. The first-order valence-corrected chi connectivity index (χ1v) is 16.6. The van der Waals surface area contributed by atoms with Crippen LogP contribution in [0.3, 0.4) is 0 Å². The molecular formula is C35H39Cl2FN2O4. The summed E-state index contributed by atoms with van der Waals surface area (Å²) in [6.45, 7) is 3.49. The lowest BCUT2D eigenvalue weighted by Crippen LogP contribution is -2.62. The summed E-state index contributed by atoms with van der Waals surface area (Å²) in [5.41, 5.74) is -2.21. The van der Waals surface area contributed by atoms with Crippen LogP contribution in [0.1, 0.15) is 102 Å². The van der Waals surface area contributed by atoms with Crippen LogP contribution in [0.4, 0.5) is 10.1 Å². The summed E-state index contributed by atoms with van der Waals surface area (Å²) < 4.78 is 16.2. The highest BCUT2D eigenvalue weighted by atomic mass is 35.5. The van der Waals surface area contributed by atoms with Crippen LogP contribution >= 0.6 is 23.2 Å². The number of hydrogen-bond donors (Lipinski definition) is 3. The first-order valence-electron chi connectivity index (χ1n) is 15.9. The number of fused-ring (bicyclic) bond motifs is 6. The maximum atomic E-state index is 16.2. The molecule has 8 rings (SSSR count). The lowest BCUT2D eigenvalue weighted by Gasteiger charge is -2.52. The van der Waals surface area contributed by atoms with E-state index in [9.17, 15) is 19.5 Å². The Labute approximate surface area is 267 Å². The number of rotatable bonds is 5. The summed E-state index contributed by atoms with van der Waals surface area (Å²) in [4.78, 5) is 41.9. The molecule has 2 aromatic carbocycles. The average molecular weight is 642 g/mol. The molecule has 2 heterocycles. The van der Waals surface area contributed by atoms with Gasteiger partial charge in [-0.1, -0.05) is 41.4 Å². The highest BCUT2D eigenvalue weighted by molar-refractivity contribution is 6.31. The molecule has 2 spiro atoms. The summed E-state index contributed by atoms with van der Waals surface area (Å²) in [6.07, 6.45) is 6.78. The first kappa shape index (κ1) is 30.3. The molecule has 0 aromatic heterocycles. The molecule has 44 heavy (non-hydrogen) atoms.